The van der Waals surface area contributed by atoms with Crippen LogP contribution >= 0.6 is 0 Å². The van der Waals surface area contributed by atoms with Gasteiger partial charge in [-0.3, -0.25) is 0 Å². The van der Waals surface area contributed by atoms with Crippen LogP contribution in [-0.2, 0) is 6.42 Å². The molecule has 3 heteroatoms. The average Bonchev–Trinajstić information content (AvgIpc) is 2.60. The number of fused-ring (bicyclic) bond motifs is 1. The van der Waals surface area contributed by atoms with E-state index in [1.54, 1.807) is 0 Å². The summed E-state index contributed by atoms with van der Waals surface area (Å²) in [5.41, 5.74) is 8.52. The molecule has 3 nitrogen and oxygen atoms in total. The molecular formula is C11H12N2O. The van der Waals surface area contributed by atoms with Crippen LogP contribution in [0.1, 0.15) is 29.7 Å². The van der Waals surface area contributed by atoms with E-state index in [9.17, 15) is 0 Å². The smallest absolute Gasteiger partial charge is 0.128 e. The topological polar surface area (TPSA) is 59.0 Å². The monoisotopic (exact) mass is 188 g/mol. The number of nitrogens with two attached hydrogens (primary N) is 1. The third kappa shape index (κ3) is 1.16. The average molecular weight is 188 g/mol. The van der Waals surface area contributed by atoms with Gasteiger partial charge in [0.2, 0.25) is 0 Å². The highest BCUT2D eigenvalue weighted by Crippen LogP contribution is 2.36. The Morgan fingerprint density at radius 3 is 3.07 bits per heavy atom. The molecule has 0 spiro atoms. The molecule has 1 heterocycles. The molecule has 2 rings (SSSR count). The maximum Gasteiger partial charge on any atom is 0.128 e. The lowest BCUT2D eigenvalue weighted by Crippen LogP contribution is -2.11. The molecule has 0 fully saturated rings. The van der Waals surface area contributed by atoms with Crippen molar-refractivity contribution >= 4 is 0 Å². The number of ether oxygens (including phenoxy) is 1. The SMILES string of the molecule is CCc1ccc(C#N)c2c1OC[C@H]2N. The minimum atomic E-state index is -0.147. The third-order valence-corrected chi connectivity index (χ3v) is 2.56. The van der Waals surface area contributed by atoms with Gasteiger partial charge in [-0.2, -0.15) is 5.26 Å². The van der Waals surface area contributed by atoms with E-state index >= 15 is 0 Å². The highest BCUT2D eigenvalue weighted by atomic mass is 16.5. The van der Waals surface area contributed by atoms with Crippen molar-refractivity contribution in [2.24, 2.45) is 5.73 Å². The third-order valence-electron chi connectivity index (χ3n) is 2.56. The molecule has 1 aromatic rings. The van der Waals surface area contributed by atoms with Crippen LogP contribution in [-0.4, -0.2) is 6.61 Å². The fourth-order valence-electron chi connectivity index (χ4n) is 1.82. The van der Waals surface area contributed by atoms with Crippen LogP contribution in [0.2, 0.25) is 0 Å². The van der Waals surface area contributed by atoms with E-state index < -0.39 is 0 Å². The summed E-state index contributed by atoms with van der Waals surface area (Å²) in [5.74, 6) is 0.832. The van der Waals surface area contributed by atoms with Gasteiger partial charge in [0.05, 0.1) is 17.7 Å². The predicted octanol–water partition coefficient (Wildman–Crippen LogP) is 1.51. The van der Waals surface area contributed by atoms with Crippen molar-refractivity contribution in [3.63, 3.8) is 0 Å². The molecule has 1 aliphatic rings. The summed E-state index contributed by atoms with van der Waals surface area (Å²) >= 11 is 0. The summed E-state index contributed by atoms with van der Waals surface area (Å²) in [7, 11) is 0. The van der Waals surface area contributed by atoms with Gasteiger partial charge in [-0.05, 0) is 18.1 Å². The van der Waals surface area contributed by atoms with Crippen LogP contribution < -0.4 is 10.5 Å². The molecule has 14 heavy (non-hydrogen) atoms. The largest absolute Gasteiger partial charge is 0.491 e. The normalized spacial score (nSPS) is 18.5. The molecule has 1 aliphatic heterocycles. The lowest BCUT2D eigenvalue weighted by molar-refractivity contribution is 0.331. The lowest BCUT2D eigenvalue weighted by atomic mass is 9.98. The van der Waals surface area contributed by atoms with E-state index in [2.05, 4.69) is 13.0 Å². The number of aryl methyl sites for hydroxylation is 1. The number of benzene rings is 1. The Bertz CT molecular complexity index is 406. The first kappa shape index (κ1) is 9.04. The molecule has 0 aliphatic carbocycles. The molecule has 0 saturated carbocycles. The van der Waals surface area contributed by atoms with Gasteiger partial charge < -0.3 is 10.5 Å². The molecule has 0 unspecified atom stereocenters. The molecule has 72 valence electrons. The van der Waals surface area contributed by atoms with E-state index in [-0.39, 0.29) is 6.04 Å². The van der Waals surface area contributed by atoms with Crippen LogP contribution in [0, 0.1) is 11.3 Å². The van der Waals surface area contributed by atoms with Gasteiger partial charge in [0.15, 0.2) is 0 Å². The number of hydrogen-bond donors (Lipinski definition) is 1. The minimum absolute atomic E-state index is 0.147. The number of rotatable bonds is 1. The molecule has 1 aromatic carbocycles. The predicted molar refractivity (Wildman–Crippen MR) is 53.0 cm³/mol. The van der Waals surface area contributed by atoms with Crippen molar-refractivity contribution in [2.45, 2.75) is 19.4 Å². The first-order valence-electron chi connectivity index (χ1n) is 4.72. The van der Waals surface area contributed by atoms with Gasteiger partial charge in [0, 0.05) is 5.56 Å². The van der Waals surface area contributed by atoms with Crippen molar-refractivity contribution < 1.29 is 4.74 Å². The summed E-state index contributed by atoms with van der Waals surface area (Å²) in [4.78, 5) is 0. The Hall–Kier alpha value is -1.53. The van der Waals surface area contributed by atoms with E-state index in [1.165, 1.54) is 0 Å². The van der Waals surface area contributed by atoms with E-state index in [0.717, 1.165) is 23.3 Å². The fourth-order valence-corrected chi connectivity index (χ4v) is 1.82. The summed E-state index contributed by atoms with van der Waals surface area (Å²) in [5, 5.41) is 8.92. The maximum absolute atomic E-state index is 8.92. The number of hydrogen-bond acceptors (Lipinski definition) is 3. The van der Waals surface area contributed by atoms with Gasteiger partial charge in [0.1, 0.15) is 12.4 Å². The standard InChI is InChI=1S/C11H12N2O/c1-2-7-3-4-8(5-12)10-9(13)6-14-11(7)10/h3-4,9H,2,6,13H2,1H3/t9-/m1/s1. The van der Waals surface area contributed by atoms with Gasteiger partial charge in [0.25, 0.3) is 0 Å². The van der Waals surface area contributed by atoms with Crippen molar-refractivity contribution in [3.05, 3.63) is 28.8 Å². The Kier molecular flexibility index (Phi) is 2.14. The van der Waals surface area contributed by atoms with E-state index in [0.29, 0.717) is 12.2 Å². The van der Waals surface area contributed by atoms with Gasteiger partial charge in [-0.1, -0.05) is 13.0 Å². The summed E-state index contributed by atoms with van der Waals surface area (Å²) < 4.78 is 5.50. The Morgan fingerprint density at radius 1 is 1.64 bits per heavy atom. The Morgan fingerprint density at radius 2 is 2.43 bits per heavy atom. The van der Waals surface area contributed by atoms with Gasteiger partial charge in [-0.15, -0.1) is 0 Å². The highest BCUT2D eigenvalue weighted by Gasteiger charge is 2.26. The van der Waals surface area contributed by atoms with Crippen LogP contribution in [0.5, 0.6) is 5.75 Å². The minimum Gasteiger partial charge on any atom is -0.491 e. The molecule has 1 atom stereocenters. The molecule has 0 radical (unpaired) electrons. The summed E-state index contributed by atoms with van der Waals surface area (Å²) in [6.45, 7) is 2.55. The maximum atomic E-state index is 8.92. The summed E-state index contributed by atoms with van der Waals surface area (Å²) in [6, 6.07) is 5.77. The first-order chi connectivity index (χ1) is 6.77. The van der Waals surface area contributed by atoms with E-state index in [1.807, 2.05) is 12.1 Å². The molecular weight excluding hydrogens is 176 g/mol. The molecule has 0 aromatic heterocycles. The highest BCUT2D eigenvalue weighted by molar-refractivity contribution is 5.54. The quantitative estimate of drug-likeness (QED) is 0.726. The van der Waals surface area contributed by atoms with Crippen molar-refractivity contribution in [3.8, 4) is 11.8 Å². The molecule has 0 bridgehead atoms. The zero-order valence-corrected chi connectivity index (χ0v) is 8.08. The van der Waals surface area contributed by atoms with E-state index in [4.69, 9.17) is 15.7 Å². The summed E-state index contributed by atoms with van der Waals surface area (Å²) in [6.07, 6.45) is 0.904. The van der Waals surface area contributed by atoms with Crippen molar-refractivity contribution in [2.75, 3.05) is 6.61 Å². The molecule has 2 N–H and O–H groups in total. The van der Waals surface area contributed by atoms with Gasteiger partial charge in [-0.25, -0.2) is 0 Å². The van der Waals surface area contributed by atoms with Crippen LogP contribution in [0.4, 0.5) is 0 Å². The fraction of sp³-hybridized carbons (Fsp3) is 0.364. The Labute approximate surface area is 83.1 Å². The zero-order chi connectivity index (χ0) is 10.1. The van der Waals surface area contributed by atoms with Crippen molar-refractivity contribution in [1.29, 1.82) is 5.26 Å². The first-order valence-corrected chi connectivity index (χ1v) is 4.72. The van der Waals surface area contributed by atoms with Gasteiger partial charge >= 0.3 is 0 Å². The van der Waals surface area contributed by atoms with Crippen LogP contribution in [0.25, 0.3) is 0 Å². The number of nitrogens with zero attached hydrogens (tertiary/aromatic N) is 1. The van der Waals surface area contributed by atoms with Crippen molar-refractivity contribution in [1.82, 2.24) is 0 Å². The second-order valence-electron chi connectivity index (χ2n) is 3.40. The molecule has 0 saturated heterocycles. The lowest BCUT2D eigenvalue weighted by Gasteiger charge is -2.07. The molecule has 0 amide bonds. The zero-order valence-electron chi connectivity index (χ0n) is 8.08. The van der Waals surface area contributed by atoms with Crippen LogP contribution in [0.3, 0.4) is 0 Å². The second kappa shape index (κ2) is 3.32. The second-order valence-corrected chi connectivity index (χ2v) is 3.40. The number of nitriles is 1. The van der Waals surface area contributed by atoms with Crippen LogP contribution in [0.15, 0.2) is 12.1 Å². The Balaban J connectivity index is 2.64.